The minimum absolute atomic E-state index is 0.0198. The molecule has 218 valence electrons. The van der Waals surface area contributed by atoms with Crippen molar-refractivity contribution in [1.82, 2.24) is 16.0 Å². The number of thioether (sulfide) groups is 1. The number of phenolic OH excluding ortho intramolecular Hbond substituents is 1. The van der Waals surface area contributed by atoms with Crippen LogP contribution in [0.5, 0.6) is 5.75 Å². The molecule has 0 saturated heterocycles. The Hall–Kier alpha value is -3.57. The van der Waals surface area contributed by atoms with Gasteiger partial charge in [0.15, 0.2) is 0 Å². The number of benzene rings is 2. The summed E-state index contributed by atoms with van der Waals surface area (Å²) in [4.78, 5) is 51.3. The van der Waals surface area contributed by atoms with E-state index in [1.165, 1.54) is 23.9 Å². The van der Waals surface area contributed by atoms with Gasteiger partial charge in [0.25, 0.3) is 0 Å². The van der Waals surface area contributed by atoms with Gasteiger partial charge >= 0.3 is 5.97 Å². The highest BCUT2D eigenvalue weighted by atomic mass is 32.2. The molecule has 0 spiro atoms. The van der Waals surface area contributed by atoms with E-state index in [2.05, 4.69) is 16.0 Å². The summed E-state index contributed by atoms with van der Waals surface area (Å²) in [5.41, 5.74) is 7.68. The van der Waals surface area contributed by atoms with Crippen LogP contribution < -0.4 is 21.7 Å². The van der Waals surface area contributed by atoms with Gasteiger partial charge in [0.1, 0.15) is 23.9 Å². The summed E-state index contributed by atoms with van der Waals surface area (Å²) in [5, 5.41) is 27.0. The number of carbonyl (C=O) groups is 4. The third kappa shape index (κ3) is 11.3. The molecule has 0 heterocycles. The van der Waals surface area contributed by atoms with Gasteiger partial charge in [-0.05, 0) is 60.4 Å². The number of carbonyl (C=O) groups excluding carboxylic acids is 3. The Bertz CT molecular complexity index is 1110. The van der Waals surface area contributed by atoms with Crippen molar-refractivity contribution in [3.8, 4) is 5.75 Å². The quantitative estimate of drug-likeness (QED) is 0.177. The molecule has 0 saturated carbocycles. The zero-order valence-electron chi connectivity index (χ0n) is 23.1. The Morgan fingerprint density at radius 1 is 0.800 bits per heavy atom. The number of hydrogen-bond acceptors (Lipinski definition) is 7. The number of carboxylic acids is 1. The van der Waals surface area contributed by atoms with E-state index in [-0.39, 0.29) is 37.4 Å². The van der Waals surface area contributed by atoms with Gasteiger partial charge in [-0.3, -0.25) is 14.4 Å². The number of nitrogens with two attached hydrogens (primary N) is 1. The van der Waals surface area contributed by atoms with E-state index in [1.807, 2.05) is 50.4 Å². The molecular weight excluding hydrogens is 532 g/mol. The highest BCUT2D eigenvalue weighted by Crippen LogP contribution is 2.12. The monoisotopic (exact) mass is 572 g/mol. The second kappa shape index (κ2) is 16.5. The van der Waals surface area contributed by atoms with Gasteiger partial charge in [0, 0.05) is 6.42 Å². The van der Waals surface area contributed by atoms with Gasteiger partial charge in [-0.25, -0.2) is 4.79 Å². The van der Waals surface area contributed by atoms with Gasteiger partial charge < -0.3 is 31.9 Å². The van der Waals surface area contributed by atoms with Gasteiger partial charge in [0.2, 0.25) is 17.7 Å². The number of nitrogens with one attached hydrogen (secondary N) is 3. The Balaban J connectivity index is 2.20. The van der Waals surface area contributed by atoms with Crippen LogP contribution in [-0.4, -0.2) is 70.1 Å². The Morgan fingerprint density at radius 3 is 1.93 bits per heavy atom. The lowest BCUT2D eigenvalue weighted by molar-refractivity contribution is -0.142. The summed E-state index contributed by atoms with van der Waals surface area (Å²) in [6, 6.07) is 11.4. The first-order valence-electron chi connectivity index (χ1n) is 13.2. The van der Waals surface area contributed by atoms with Crippen molar-refractivity contribution < 1.29 is 29.4 Å². The molecule has 0 bridgehead atoms. The Labute approximate surface area is 239 Å². The highest BCUT2D eigenvalue weighted by molar-refractivity contribution is 7.98. The van der Waals surface area contributed by atoms with Crippen LogP contribution in [0.15, 0.2) is 54.6 Å². The van der Waals surface area contributed by atoms with Crippen molar-refractivity contribution in [2.75, 3.05) is 12.0 Å². The second-order valence-electron chi connectivity index (χ2n) is 10.1. The predicted molar refractivity (Wildman–Crippen MR) is 156 cm³/mol. The van der Waals surface area contributed by atoms with Crippen molar-refractivity contribution in [3.05, 3.63) is 65.7 Å². The topological polar surface area (TPSA) is 171 Å². The maximum atomic E-state index is 13.5. The van der Waals surface area contributed by atoms with E-state index >= 15 is 0 Å². The van der Waals surface area contributed by atoms with E-state index in [0.29, 0.717) is 5.75 Å². The van der Waals surface area contributed by atoms with E-state index in [4.69, 9.17) is 5.73 Å². The van der Waals surface area contributed by atoms with Crippen molar-refractivity contribution in [3.63, 3.8) is 0 Å². The molecule has 4 atom stereocenters. The van der Waals surface area contributed by atoms with Crippen LogP contribution in [0.1, 0.15) is 37.8 Å². The molecule has 0 aliphatic carbocycles. The summed E-state index contributed by atoms with van der Waals surface area (Å²) in [6.07, 6.45) is 2.72. The maximum absolute atomic E-state index is 13.5. The standard InChI is InChI=1S/C29H40N4O6S/c1-18(2)15-24(27(36)31-23(29(38)39)13-14-40-3)33-28(37)25(17-19-7-5-4-6-8-19)32-26(35)22(30)16-20-9-11-21(34)12-10-20/h4-12,18,22-25,34H,13-17,30H2,1-3H3,(H,31,36)(H,32,35)(H,33,37)(H,38,39). The molecule has 2 aromatic rings. The molecule has 10 nitrogen and oxygen atoms in total. The fraction of sp³-hybridized carbons (Fsp3) is 0.448. The van der Waals surface area contributed by atoms with Crippen LogP contribution in [0, 0.1) is 5.92 Å². The Kier molecular flexibility index (Phi) is 13.5. The number of phenols is 1. The lowest BCUT2D eigenvalue weighted by Gasteiger charge is -2.26. The lowest BCUT2D eigenvalue weighted by Crippen LogP contribution is -2.58. The van der Waals surface area contributed by atoms with Gasteiger partial charge in [-0.2, -0.15) is 11.8 Å². The van der Waals surface area contributed by atoms with E-state index in [9.17, 15) is 29.4 Å². The van der Waals surface area contributed by atoms with Crippen LogP contribution >= 0.6 is 11.8 Å². The molecule has 0 aliphatic heterocycles. The molecule has 0 fully saturated rings. The molecule has 3 amide bonds. The normalized spacial score (nSPS) is 14.0. The molecule has 4 unspecified atom stereocenters. The lowest BCUT2D eigenvalue weighted by atomic mass is 10.00. The van der Waals surface area contributed by atoms with Crippen LogP contribution in [-0.2, 0) is 32.0 Å². The number of aliphatic carboxylic acids is 1. The predicted octanol–water partition coefficient (Wildman–Crippen LogP) is 1.84. The zero-order valence-corrected chi connectivity index (χ0v) is 23.9. The number of carboxylic acid groups (broad SMARTS) is 1. The fourth-order valence-electron chi connectivity index (χ4n) is 4.06. The molecule has 40 heavy (non-hydrogen) atoms. The van der Waals surface area contributed by atoms with Crippen LogP contribution in [0.2, 0.25) is 0 Å². The average molecular weight is 573 g/mol. The maximum Gasteiger partial charge on any atom is 0.326 e. The van der Waals surface area contributed by atoms with Crippen molar-refractivity contribution in [1.29, 1.82) is 0 Å². The zero-order chi connectivity index (χ0) is 29.7. The van der Waals surface area contributed by atoms with Crippen molar-refractivity contribution in [2.45, 2.75) is 63.7 Å². The summed E-state index contributed by atoms with van der Waals surface area (Å²) in [6.45, 7) is 3.78. The van der Waals surface area contributed by atoms with E-state index < -0.39 is 47.9 Å². The summed E-state index contributed by atoms with van der Waals surface area (Å²) in [5.74, 6) is -2.19. The van der Waals surface area contributed by atoms with E-state index in [1.54, 1.807) is 12.1 Å². The third-order valence-electron chi connectivity index (χ3n) is 6.21. The first-order valence-corrected chi connectivity index (χ1v) is 14.6. The molecule has 2 rings (SSSR count). The minimum atomic E-state index is -1.14. The highest BCUT2D eigenvalue weighted by Gasteiger charge is 2.31. The second-order valence-corrected chi connectivity index (χ2v) is 11.1. The number of hydrogen-bond donors (Lipinski definition) is 6. The number of aromatic hydroxyl groups is 1. The van der Waals surface area contributed by atoms with Crippen LogP contribution in [0.4, 0.5) is 0 Å². The number of amides is 3. The summed E-state index contributed by atoms with van der Waals surface area (Å²) >= 11 is 1.47. The van der Waals surface area contributed by atoms with E-state index in [0.717, 1.165) is 11.1 Å². The van der Waals surface area contributed by atoms with Gasteiger partial charge in [0.05, 0.1) is 6.04 Å². The summed E-state index contributed by atoms with van der Waals surface area (Å²) in [7, 11) is 0. The Morgan fingerprint density at radius 2 is 1.35 bits per heavy atom. The molecule has 0 aliphatic rings. The average Bonchev–Trinajstić information content (AvgIpc) is 2.91. The SMILES string of the molecule is CSCCC(NC(=O)C(CC(C)C)NC(=O)C(Cc1ccccc1)NC(=O)C(N)Cc1ccc(O)cc1)C(=O)O. The first kappa shape index (κ1) is 32.6. The molecule has 11 heteroatoms. The van der Waals surface area contributed by atoms with Gasteiger partial charge in [-0.15, -0.1) is 0 Å². The smallest absolute Gasteiger partial charge is 0.326 e. The molecular formula is C29H40N4O6S. The minimum Gasteiger partial charge on any atom is -0.508 e. The molecule has 0 aromatic heterocycles. The molecule has 2 aromatic carbocycles. The summed E-state index contributed by atoms with van der Waals surface area (Å²) < 4.78 is 0. The van der Waals surface area contributed by atoms with Crippen LogP contribution in [0.3, 0.4) is 0 Å². The molecule has 7 N–H and O–H groups in total. The third-order valence-corrected chi connectivity index (χ3v) is 6.85. The van der Waals surface area contributed by atoms with Crippen molar-refractivity contribution in [2.24, 2.45) is 11.7 Å². The van der Waals surface area contributed by atoms with Crippen LogP contribution in [0.25, 0.3) is 0 Å². The first-order chi connectivity index (χ1) is 19.0. The fourth-order valence-corrected chi connectivity index (χ4v) is 4.53. The largest absolute Gasteiger partial charge is 0.508 e. The molecule has 0 radical (unpaired) electrons. The van der Waals surface area contributed by atoms with Gasteiger partial charge in [-0.1, -0.05) is 56.3 Å². The van der Waals surface area contributed by atoms with Crippen molar-refractivity contribution >= 4 is 35.5 Å². The number of rotatable bonds is 16.